The van der Waals surface area contributed by atoms with Gasteiger partial charge in [-0.3, -0.25) is 4.79 Å². The second-order valence-electron chi connectivity index (χ2n) is 7.33. The molecular weight excluding hydrogens is 361 g/mol. The Morgan fingerprint density at radius 2 is 2.19 bits per heavy atom. The maximum absolute atomic E-state index is 13.1. The van der Waals surface area contributed by atoms with Gasteiger partial charge in [-0.25, -0.2) is 0 Å². The Morgan fingerprint density at radius 1 is 1.37 bits per heavy atom. The highest BCUT2D eigenvalue weighted by Gasteiger charge is 2.64. The summed E-state index contributed by atoms with van der Waals surface area (Å²) in [6.07, 6.45) is -3.31. The van der Waals surface area contributed by atoms with Crippen LogP contribution in [0.4, 0.5) is 18.9 Å². The lowest BCUT2D eigenvalue weighted by atomic mass is 9.89. The van der Waals surface area contributed by atoms with Gasteiger partial charge in [-0.2, -0.15) is 13.2 Å². The fourth-order valence-electron chi connectivity index (χ4n) is 3.83. The third-order valence-electron chi connectivity index (χ3n) is 5.35. The van der Waals surface area contributed by atoms with Crippen molar-refractivity contribution in [1.29, 1.82) is 0 Å². The highest BCUT2D eigenvalue weighted by Crippen LogP contribution is 2.49. The van der Waals surface area contributed by atoms with Crippen molar-refractivity contribution < 1.29 is 22.7 Å². The van der Waals surface area contributed by atoms with Crippen LogP contribution in [0.1, 0.15) is 35.2 Å². The van der Waals surface area contributed by atoms with Crippen molar-refractivity contribution in [1.82, 2.24) is 4.90 Å². The zero-order valence-corrected chi connectivity index (χ0v) is 14.8. The number of likely N-dealkylation sites (tertiary alicyclic amines) is 1. The van der Waals surface area contributed by atoms with Crippen LogP contribution >= 0.6 is 0 Å². The summed E-state index contributed by atoms with van der Waals surface area (Å²) in [6.45, 7) is 2.60. The molecule has 1 aromatic carbocycles. The Balaban J connectivity index is 1.44. The fourth-order valence-corrected chi connectivity index (χ4v) is 3.83. The molecule has 4 rings (SSSR count). The van der Waals surface area contributed by atoms with Crippen molar-refractivity contribution in [3.05, 3.63) is 29.3 Å². The highest BCUT2D eigenvalue weighted by atomic mass is 19.4. The molecule has 0 aliphatic carbocycles. The first-order chi connectivity index (χ1) is 12.9. The van der Waals surface area contributed by atoms with Gasteiger partial charge < -0.3 is 15.0 Å². The number of ether oxygens (including phenoxy) is 1. The third kappa shape index (κ3) is 3.65. The standard InChI is InChI=1S/C18H21F3N4O2/c19-18(20,21)17(23-24-17)9-12-2-1-6-25(10-12)16(26)13-3-4-15-14(8-13)11-27-7-5-22-15/h3-4,8,12,22H,1-2,5-7,9-11H2. The predicted molar refractivity (Wildman–Crippen MR) is 91.5 cm³/mol. The van der Waals surface area contributed by atoms with Crippen molar-refractivity contribution >= 4 is 11.6 Å². The number of alkyl halides is 3. The Kier molecular flexibility index (Phi) is 4.57. The number of carbonyl (C=O) groups excluding carboxylic acids is 1. The molecule has 0 saturated carbocycles. The summed E-state index contributed by atoms with van der Waals surface area (Å²) in [5, 5.41) is 9.77. The molecule has 0 spiro atoms. The van der Waals surface area contributed by atoms with E-state index in [1.807, 2.05) is 12.1 Å². The average Bonchev–Trinajstić information content (AvgIpc) is 3.44. The zero-order valence-electron chi connectivity index (χ0n) is 14.8. The lowest BCUT2D eigenvalue weighted by molar-refractivity contribution is -0.168. The summed E-state index contributed by atoms with van der Waals surface area (Å²) in [5.41, 5.74) is 0.160. The molecule has 9 heteroatoms. The van der Waals surface area contributed by atoms with E-state index in [1.54, 1.807) is 11.0 Å². The molecule has 3 aliphatic heterocycles. The molecule has 146 valence electrons. The van der Waals surface area contributed by atoms with Gasteiger partial charge in [-0.1, -0.05) is 0 Å². The van der Waals surface area contributed by atoms with Crippen molar-refractivity contribution in [2.45, 2.75) is 37.7 Å². The van der Waals surface area contributed by atoms with Gasteiger partial charge in [0.1, 0.15) is 0 Å². The molecule has 6 nitrogen and oxygen atoms in total. The number of fused-ring (bicyclic) bond motifs is 1. The first kappa shape index (κ1) is 18.2. The van der Waals surface area contributed by atoms with Crippen molar-refractivity contribution in [3.63, 3.8) is 0 Å². The largest absolute Gasteiger partial charge is 0.437 e. The van der Waals surface area contributed by atoms with Gasteiger partial charge in [-0.15, -0.1) is 10.2 Å². The Morgan fingerprint density at radius 3 is 2.93 bits per heavy atom. The molecule has 0 aromatic heterocycles. The number of nitrogens with zero attached hydrogens (tertiary/aromatic N) is 3. The van der Waals surface area contributed by atoms with Crippen LogP contribution in [0.3, 0.4) is 0 Å². The van der Waals surface area contributed by atoms with E-state index in [0.29, 0.717) is 51.3 Å². The predicted octanol–water partition coefficient (Wildman–Crippen LogP) is 3.60. The van der Waals surface area contributed by atoms with Gasteiger partial charge in [0.2, 0.25) is 0 Å². The van der Waals surface area contributed by atoms with Gasteiger partial charge in [0, 0.05) is 42.9 Å². The molecule has 1 amide bonds. The number of carbonyl (C=O) groups is 1. The second-order valence-corrected chi connectivity index (χ2v) is 7.33. The highest BCUT2D eigenvalue weighted by molar-refractivity contribution is 5.95. The van der Waals surface area contributed by atoms with Gasteiger partial charge in [-0.05, 0) is 37.0 Å². The minimum Gasteiger partial charge on any atom is -0.382 e. The number of hydrogen-bond acceptors (Lipinski definition) is 5. The van der Waals surface area contributed by atoms with Gasteiger partial charge >= 0.3 is 6.18 Å². The first-order valence-corrected chi connectivity index (χ1v) is 9.13. The van der Waals surface area contributed by atoms with E-state index in [9.17, 15) is 18.0 Å². The van der Waals surface area contributed by atoms with Crippen molar-refractivity contribution in [2.75, 3.05) is 31.6 Å². The monoisotopic (exact) mass is 382 g/mol. The summed E-state index contributed by atoms with van der Waals surface area (Å²) in [4.78, 5) is 14.5. The van der Waals surface area contributed by atoms with E-state index in [1.165, 1.54) is 0 Å². The van der Waals surface area contributed by atoms with E-state index < -0.39 is 11.8 Å². The number of nitrogens with one attached hydrogen (secondary N) is 1. The molecule has 0 bridgehead atoms. The van der Waals surface area contributed by atoms with Crippen LogP contribution < -0.4 is 5.32 Å². The quantitative estimate of drug-likeness (QED) is 0.869. The summed E-state index contributed by atoms with van der Waals surface area (Å²) in [7, 11) is 0. The number of rotatable bonds is 3. The minimum atomic E-state index is -4.46. The van der Waals surface area contributed by atoms with Gasteiger partial charge in [0.05, 0.1) is 13.2 Å². The van der Waals surface area contributed by atoms with E-state index in [4.69, 9.17) is 4.74 Å². The van der Waals surface area contributed by atoms with Crippen LogP contribution in [-0.2, 0) is 11.3 Å². The summed E-state index contributed by atoms with van der Waals surface area (Å²) >= 11 is 0. The molecule has 1 N–H and O–H groups in total. The smallest absolute Gasteiger partial charge is 0.382 e. The summed E-state index contributed by atoms with van der Waals surface area (Å²) in [5.74, 6) is -0.414. The van der Waals surface area contributed by atoms with Crippen LogP contribution in [-0.4, -0.2) is 48.9 Å². The average molecular weight is 382 g/mol. The molecular formula is C18H21F3N4O2. The Labute approximate surface area is 154 Å². The molecule has 1 saturated heterocycles. The van der Waals surface area contributed by atoms with E-state index >= 15 is 0 Å². The number of benzene rings is 1. The van der Waals surface area contributed by atoms with Gasteiger partial charge in [0.15, 0.2) is 0 Å². The second kappa shape index (κ2) is 6.78. The van der Waals surface area contributed by atoms with Crippen molar-refractivity contribution in [2.24, 2.45) is 16.1 Å². The molecule has 1 aromatic rings. The SMILES string of the molecule is O=C(c1ccc2c(c1)COCCN2)N1CCCC(CC2(C(F)(F)F)N=N2)C1. The molecule has 3 aliphatic rings. The first-order valence-electron chi connectivity index (χ1n) is 9.13. The van der Waals surface area contributed by atoms with E-state index in [2.05, 4.69) is 15.5 Å². The van der Waals surface area contributed by atoms with Crippen LogP contribution in [0, 0.1) is 5.92 Å². The Bertz CT molecular complexity index is 759. The van der Waals surface area contributed by atoms with E-state index in [0.717, 1.165) is 11.3 Å². The molecule has 1 fully saturated rings. The Hall–Kier alpha value is -2.16. The number of amides is 1. The lowest BCUT2D eigenvalue weighted by Crippen LogP contribution is -2.43. The normalized spacial score (nSPS) is 24.0. The van der Waals surface area contributed by atoms with Crippen LogP contribution in [0.25, 0.3) is 0 Å². The summed E-state index contributed by atoms with van der Waals surface area (Å²) in [6, 6.07) is 5.42. The molecule has 1 unspecified atom stereocenters. The maximum Gasteiger partial charge on any atom is 0.437 e. The number of hydrogen-bond donors (Lipinski definition) is 1. The number of anilines is 1. The third-order valence-corrected chi connectivity index (χ3v) is 5.35. The van der Waals surface area contributed by atoms with E-state index in [-0.39, 0.29) is 18.2 Å². The van der Waals surface area contributed by atoms with Crippen LogP contribution in [0.5, 0.6) is 0 Å². The molecule has 1 atom stereocenters. The topological polar surface area (TPSA) is 66.3 Å². The molecule has 0 radical (unpaired) electrons. The van der Waals surface area contributed by atoms with Crippen molar-refractivity contribution in [3.8, 4) is 0 Å². The molecule has 3 heterocycles. The fraction of sp³-hybridized carbons (Fsp3) is 0.611. The minimum absolute atomic E-state index is 0.155. The number of piperidine rings is 1. The number of halogens is 3. The van der Waals surface area contributed by atoms with Crippen LogP contribution in [0.15, 0.2) is 28.4 Å². The maximum atomic E-state index is 13.1. The zero-order chi connectivity index (χ0) is 19.1. The van der Waals surface area contributed by atoms with Crippen LogP contribution in [0.2, 0.25) is 0 Å². The summed E-state index contributed by atoms with van der Waals surface area (Å²) < 4.78 is 44.7. The van der Waals surface area contributed by atoms with Gasteiger partial charge in [0.25, 0.3) is 11.6 Å². The lowest BCUT2D eigenvalue weighted by Gasteiger charge is -2.34. The molecule has 27 heavy (non-hydrogen) atoms.